The molecule has 1 heterocycles. The summed E-state index contributed by atoms with van der Waals surface area (Å²) in [6.45, 7) is 6.49. The van der Waals surface area contributed by atoms with Crippen LogP contribution in [0.4, 0.5) is 5.82 Å². The van der Waals surface area contributed by atoms with Crippen molar-refractivity contribution in [3.05, 3.63) is 65.1 Å². The summed E-state index contributed by atoms with van der Waals surface area (Å²) < 4.78 is 0. The highest BCUT2D eigenvalue weighted by Crippen LogP contribution is 2.10. The van der Waals surface area contributed by atoms with Crippen molar-refractivity contribution < 1.29 is 4.79 Å². The Bertz CT molecular complexity index is 685. The zero-order valence-corrected chi connectivity index (χ0v) is 13.7. The van der Waals surface area contributed by atoms with Crippen molar-refractivity contribution in [3.63, 3.8) is 0 Å². The first-order valence-electron chi connectivity index (χ1n) is 7.31. The van der Waals surface area contributed by atoms with E-state index in [1.54, 1.807) is 19.1 Å². The molecule has 5 nitrogen and oxygen atoms in total. The maximum atomic E-state index is 12.2. The summed E-state index contributed by atoms with van der Waals surface area (Å²) in [6, 6.07) is 9.20. The second kappa shape index (κ2) is 8.29. The SMILES string of the molecule is C=CCNc1cc(C(=O)NCCc2ccc(Cl)cc2)nc(C)n1. The van der Waals surface area contributed by atoms with E-state index >= 15 is 0 Å². The van der Waals surface area contributed by atoms with Crippen molar-refractivity contribution in [1.82, 2.24) is 15.3 Å². The number of amides is 1. The van der Waals surface area contributed by atoms with Crippen LogP contribution < -0.4 is 10.6 Å². The number of carbonyl (C=O) groups is 1. The van der Waals surface area contributed by atoms with Crippen molar-refractivity contribution >= 4 is 23.3 Å². The van der Waals surface area contributed by atoms with E-state index < -0.39 is 0 Å². The van der Waals surface area contributed by atoms with Crippen LogP contribution in [0, 0.1) is 6.92 Å². The number of nitrogens with zero attached hydrogens (tertiary/aromatic N) is 2. The van der Waals surface area contributed by atoms with Crippen LogP contribution in [-0.2, 0) is 6.42 Å². The third kappa shape index (κ3) is 5.38. The molecule has 120 valence electrons. The molecule has 0 saturated carbocycles. The lowest BCUT2D eigenvalue weighted by atomic mass is 10.1. The van der Waals surface area contributed by atoms with Crippen molar-refractivity contribution in [2.24, 2.45) is 0 Å². The highest BCUT2D eigenvalue weighted by Gasteiger charge is 2.09. The van der Waals surface area contributed by atoms with Crippen molar-refractivity contribution in [3.8, 4) is 0 Å². The summed E-state index contributed by atoms with van der Waals surface area (Å²) in [6.07, 6.45) is 2.46. The normalized spacial score (nSPS) is 10.2. The highest BCUT2D eigenvalue weighted by atomic mass is 35.5. The maximum absolute atomic E-state index is 12.2. The van der Waals surface area contributed by atoms with Gasteiger partial charge in [-0.1, -0.05) is 29.8 Å². The van der Waals surface area contributed by atoms with E-state index in [4.69, 9.17) is 11.6 Å². The lowest BCUT2D eigenvalue weighted by Crippen LogP contribution is -2.27. The number of hydrogen-bond donors (Lipinski definition) is 2. The first kappa shape index (κ1) is 17.0. The Labute approximate surface area is 140 Å². The minimum absolute atomic E-state index is 0.217. The molecule has 0 spiro atoms. The molecule has 1 aromatic heterocycles. The number of aryl methyl sites for hydroxylation is 1. The largest absolute Gasteiger partial charge is 0.366 e. The van der Waals surface area contributed by atoms with Crippen LogP contribution in [0.25, 0.3) is 0 Å². The van der Waals surface area contributed by atoms with Gasteiger partial charge in [-0.25, -0.2) is 9.97 Å². The minimum atomic E-state index is -0.217. The van der Waals surface area contributed by atoms with Gasteiger partial charge in [0.2, 0.25) is 0 Å². The van der Waals surface area contributed by atoms with Gasteiger partial charge in [0, 0.05) is 24.2 Å². The standard InChI is InChI=1S/C17H19ClN4O/c1-3-9-19-16-11-15(21-12(2)22-16)17(23)20-10-8-13-4-6-14(18)7-5-13/h3-7,11H,1,8-10H2,2H3,(H,20,23)(H,19,21,22). The van der Waals surface area contributed by atoms with Gasteiger partial charge in [0.15, 0.2) is 0 Å². The van der Waals surface area contributed by atoms with Gasteiger partial charge in [-0.15, -0.1) is 6.58 Å². The number of anilines is 1. The molecular formula is C17H19ClN4O. The molecule has 0 unspecified atom stereocenters. The second-order valence-electron chi connectivity index (χ2n) is 4.99. The molecule has 6 heteroatoms. The van der Waals surface area contributed by atoms with Crippen LogP contribution in [0.1, 0.15) is 21.9 Å². The van der Waals surface area contributed by atoms with E-state index in [9.17, 15) is 4.79 Å². The molecule has 0 aliphatic heterocycles. The number of rotatable bonds is 7. The third-order valence-corrected chi connectivity index (χ3v) is 3.36. The second-order valence-corrected chi connectivity index (χ2v) is 5.42. The molecule has 0 saturated heterocycles. The van der Waals surface area contributed by atoms with Gasteiger partial charge in [-0.2, -0.15) is 0 Å². The predicted octanol–water partition coefficient (Wildman–Crippen LogP) is 3.01. The Hall–Kier alpha value is -2.40. The summed E-state index contributed by atoms with van der Waals surface area (Å²) in [5.74, 6) is 0.938. The molecule has 0 radical (unpaired) electrons. The van der Waals surface area contributed by atoms with E-state index in [1.807, 2.05) is 24.3 Å². The fraction of sp³-hybridized carbons (Fsp3) is 0.235. The first-order valence-corrected chi connectivity index (χ1v) is 7.69. The molecule has 2 rings (SSSR count). The summed E-state index contributed by atoms with van der Waals surface area (Å²) in [4.78, 5) is 20.6. The number of nitrogens with one attached hydrogen (secondary N) is 2. The van der Waals surface area contributed by atoms with Gasteiger partial charge in [0.25, 0.3) is 5.91 Å². The number of halogens is 1. The minimum Gasteiger partial charge on any atom is -0.366 e. The number of carbonyl (C=O) groups excluding carboxylic acids is 1. The predicted molar refractivity (Wildman–Crippen MR) is 92.9 cm³/mol. The van der Waals surface area contributed by atoms with E-state index in [0.29, 0.717) is 35.4 Å². The van der Waals surface area contributed by atoms with Crippen molar-refractivity contribution in [1.29, 1.82) is 0 Å². The van der Waals surface area contributed by atoms with Crippen LogP contribution in [0.15, 0.2) is 43.0 Å². The van der Waals surface area contributed by atoms with Gasteiger partial charge in [0.1, 0.15) is 17.3 Å². The lowest BCUT2D eigenvalue weighted by molar-refractivity contribution is 0.0949. The summed E-state index contributed by atoms with van der Waals surface area (Å²) >= 11 is 5.85. The first-order chi connectivity index (χ1) is 11.1. The Kier molecular flexibility index (Phi) is 6.11. The molecule has 0 bridgehead atoms. The maximum Gasteiger partial charge on any atom is 0.270 e. The Balaban J connectivity index is 1.93. The van der Waals surface area contributed by atoms with Crippen molar-refractivity contribution in [2.75, 3.05) is 18.4 Å². The van der Waals surface area contributed by atoms with Gasteiger partial charge >= 0.3 is 0 Å². The average molecular weight is 331 g/mol. The highest BCUT2D eigenvalue weighted by molar-refractivity contribution is 6.30. The molecule has 0 fully saturated rings. The topological polar surface area (TPSA) is 66.9 Å². The van der Waals surface area contributed by atoms with Gasteiger partial charge in [-0.05, 0) is 31.0 Å². The smallest absolute Gasteiger partial charge is 0.270 e. The van der Waals surface area contributed by atoms with Crippen molar-refractivity contribution in [2.45, 2.75) is 13.3 Å². The Morgan fingerprint density at radius 1 is 1.30 bits per heavy atom. The van der Waals surface area contributed by atoms with Crippen LogP contribution in [-0.4, -0.2) is 29.0 Å². The zero-order chi connectivity index (χ0) is 16.7. The monoisotopic (exact) mass is 330 g/mol. The van der Waals surface area contributed by atoms with Crippen LogP contribution in [0.5, 0.6) is 0 Å². The number of aromatic nitrogens is 2. The lowest BCUT2D eigenvalue weighted by Gasteiger charge is -2.08. The molecule has 1 amide bonds. The molecule has 0 aliphatic rings. The Morgan fingerprint density at radius 3 is 2.74 bits per heavy atom. The number of benzene rings is 1. The third-order valence-electron chi connectivity index (χ3n) is 3.11. The summed E-state index contributed by atoms with van der Waals surface area (Å²) in [5.41, 5.74) is 1.46. The van der Waals surface area contributed by atoms with Crippen LogP contribution in [0.2, 0.25) is 5.02 Å². The van der Waals surface area contributed by atoms with Crippen LogP contribution in [0.3, 0.4) is 0 Å². The molecule has 23 heavy (non-hydrogen) atoms. The van der Waals surface area contributed by atoms with Crippen LogP contribution >= 0.6 is 11.6 Å². The molecule has 0 atom stereocenters. The Morgan fingerprint density at radius 2 is 2.04 bits per heavy atom. The number of hydrogen-bond acceptors (Lipinski definition) is 4. The summed E-state index contributed by atoms with van der Waals surface area (Å²) in [5, 5.41) is 6.62. The zero-order valence-electron chi connectivity index (χ0n) is 13.0. The summed E-state index contributed by atoms with van der Waals surface area (Å²) in [7, 11) is 0. The quantitative estimate of drug-likeness (QED) is 0.766. The van der Waals surface area contributed by atoms with E-state index in [0.717, 1.165) is 12.0 Å². The average Bonchev–Trinajstić information content (AvgIpc) is 2.54. The molecule has 1 aromatic carbocycles. The fourth-order valence-electron chi connectivity index (χ4n) is 2.01. The van der Waals surface area contributed by atoms with E-state index in [2.05, 4.69) is 27.2 Å². The van der Waals surface area contributed by atoms with Gasteiger partial charge in [-0.3, -0.25) is 4.79 Å². The fourth-order valence-corrected chi connectivity index (χ4v) is 2.14. The van der Waals surface area contributed by atoms with E-state index in [1.165, 1.54) is 0 Å². The van der Waals surface area contributed by atoms with E-state index in [-0.39, 0.29) is 5.91 Å². The van der Waals surface area contributed by atoms with Gasteiger partial charge < -0.3 is 10.6 Å². The molecule has 0 aliphatic carbocycles. The molecular weight excluding hydrogens is 312 g/mol. The molecule has 2 aromatic rings. The molecule has 2 N–H and O–H groups in total. The van der Waals surface area contributed by atoms with Gasteiger partial charge in [0.05, 0.1) is 0 Å².